The Balaban J connectivity index is 4.71. The van der Waals surface area contributed by atoms with Crippen molar-refractivity contribution in [3.8, 4) is 0 Å². The molecule has 126 valence electrons. The molecule has 0 radical (unpaired) electrons. The first-order valence-corrected chi connectivity index (χ1v) is 10.4. The Kier molecular flexibility index (Phi) is 6.91. The first-order valence-electron chi connectivity index (χ1n) is 7.48. The molecule has 0 spiro atoms. The van der Waals surface area contributed by atoms with Crippen LogP contribution in [-0.2, 0) is 9.16 Å². The highest BCUT2D eigenvalue weighted by Crippen LogP contribution is 2.37. The fraction of sp³-hybridized carbons (Fsp3) is 0.933. The van der Waals surface area contributed by atoms with Crippen LogP contribution in [0, 0.1) is 0 Å². The van der Waals surface area contributed by atoms with Crippen LogP contribution in [0.4, 0.5) is 4.79 Å². The van der Waals surface area contributed by atoms with Gasteiger partial charge in [-0.25, -0.2) is 4.79 Å². The van der Waals surface area contributed by atoms with Gasteiger partial charge in [-0.1, -0.05) is 20.8 Å². The molecular weight excluding hydrogens is 286 g/mol. The van der Waals surface area contributed by atoms with E-state index in [4.69, 9.17) is 9.16 Å². The van der Waals surface area contributed by atoms with Crippen molar-refractivity contribution in [2.45, 2.75) is 84.3 Å². The highest BCUT2D eigenvalue weighted by atomic mass is 28.4. The van der Waals surface area contributed by atoms with Gasteiger partial charge in [-0.05, 0) is 45.8 Å². The minimum Gasteiger partial charge on any atom is -0.444 e. The Labute approximate surface area is 130 Å². The number of amides is 1. The predicted molar refractivity (Wildman–Crippen MR) is 88.0 cm³/mol. The minimum absolute atomic E-state index is 0.0766. The molecule has 0 rings (SSSR count). The van der Waals surface area contributed by atoms with Gasteiger partial charge >= 0.3 is 6.09 Å². The SMILES string of the molecule is C[C@@H](O[Si](C)(C)C(C)(C)C)[C@H](CO)NC(=O)OC(C)(C)C. The molecule has 0 saturated heterocycles. The molecule has 0 saturated carbocycles. The van der Waals surface area contributed by atoms with Gasteiger partial charge in [0.15, 0.2) is 8.32 Å². The van der Waals surface area contributed by atoms with Crippen molar-refractivity contribution in [3.63, 3.8) is 0 Å². The highest BCUT2D eigenvalue weighted by molar-refractivity contribution is 6.74. The van der Waals surface area contributed by atoms with E-state index in [-0.39, 0.29) is 17.7 Å². The molecule has 0 bridgehead atoms. The van der Waals surface area contributed by atoms with E-state index in [1.54, 1.807) is 20.8 Å². The van der Waals surface area contributed by atoms with E-state index in [0.717, 1.165) is 0 Å². The van der Waals surface area contributed by atoms with E-state index in [1.165, 1.54) is 0 Å². The minimum atomic E-state index is -1.95. The second-order valence-electron chi connectivity index (χ2n) is 8.02. The van der Waals surface area contributed by atoms with Gasteiger partial charge < -0.3 is 19.6 Å². The van der Waals surface area contributed by atoms with E-state index in [0.29, 0.717) is 0 Å². The topological polar surface area (TPSA) is 67.8 Å². The number of rotatable bonds is 5. The molecule has 2 atom stereocenters. The zero-order valence-electron chi connectivity index (χ0n) is 15.0. The van der Waals surface area contributed by atoms with Gasteiger partial charge in [-0.2, -0.15) is 0 Å². The van der Waals surface area contributed by atoms with Crippen LogP contribution in [0.5, 0.6) is 0 Å². The smallest absolute Gasteiger partial charge is 0.408 e. The summed E-state index contributed by atoms with van der Waals surface area (Å²) in [6, 6.07) is -0.478. The number of carbonyl (C=O) groups excluding carboxylic acids is 1. The third kappa shape index (κ3) is 7.29. The van der Waals surface area contributed by atoms with Crippen molar-refractivity contribution in [1.82, 2.24) is 5.32 Å². The molecule has 1 amide bonds. The lowest BCUT2D eigenvalue weighted by Gasteiger charge is -2.40. The number of carbonyl (C=O) groups is 1. The van der Waals surface area contributed by atoms with Gasteiger partial charge in [0.1, 0.15) is 5.60 Å². The number of aliphatic hydroxyl groups excluding tert-OH is 1. The standard InChI is InChI=1S/C15H33NO4Si/c1-11(20-21(8,9)15(5,6)7)12(10-17)16-13(18)19-14(2,3)4/h11-12,17H,10H2,1-9H3,(H,16,18)/t11-,12+/m1/s1. The number of hydrogen-bond donors (Lipinski definition) is 2. The van der Waals surface area contributed by atoms with Crippen LogP contribution in [0.1, 0.15) is 48.5 Å². The number of nitrogens with one attached hydrogen (secondary N) is 1. The van der Waals surface area contributed by atoms with Crippen molar-refractivity contribution in [3.05, 3.63) is 0 Å². The van der Waals surface area contributed by atoms with Crippen LogP contribution < -0.4 is 5.32 Å². The molecule has 0 aliphatic heterocycles. The van der Waals surface area contributed by atoms with E-state index < -0.39 is 26.1 Å². The first-order chi connectivity index (χ1) is 9.19. The molecule has 0 aliphatic rings. The number of ether oxygens (including phenoxy) is 1. The summed E-state index contributed by atoms with van der Waals surface area (Å²) in [4.78, 5) is 11.8. The van der Waals surface area contributed by atoms with Crippen LogP contribution in [-0.4, -0.2) is 43.9 Å². The van der Waals surface area contributed by atoms with E-state index in [1.807, 2.05) is 6.92 Å². The van der Waals surface area contributed by atoms with Crippen molar-refractivity contribution in [2.24, 2.45) is 0 Å². The lowest BCUT2D eigenvalue weighted by molar-refractivity contribution is 0.0391. The summed E-state index contributed by atoms with van der Waals surface area (Å²) >= 11 is 0. The second-order valence-corrected chi connectivity index (χ2v) is 12.8. The molecule has 5 nitrogen and oxygen atoms in total. The third-order valence-electron chi connectivity index (χ3n) is 3.75. The lowest BCUT2D eigenvalue weighted by atomic mass is 10.2. The molecule has 0 aromatic rings. The summed E-state index contributed by atoms with van der Waals surface area (Å²) in [5, 5.41) is 12.3. The molecular formula is C15H33NO4Si. The Morgan fingerprint density at radius 3 is 2.00 bits per heavy atom. The lowest BCUT2D eigenvalue weighted by Crippen LogP contribution is -2.52. The fourth-order valence-electron chi connectivity index (χ4n) is 1.49. The Hall–Kier alpha value is -0.593. The summed E-state index contributed by atoms with van der Waals surface area (Å²) in [5.41, 5.74) is -0.562. The monoisotopic (exact) mass is 319 g/mol. The van der Waals surface area contributed by atoms with Crippen LogP contribution in [0.3, 0.4) is 0 Å². The largest absolute Gasteiger partial charge is 0.444 e. The normalized spacial score (nSPS) is 16.3. The van der Waals surface area contributed by atoms with Crippen molar-refractivity contribution < 1.29 is 19.1 Å². The quantitative estimate of drug-likeness (QED) is 0.763. The average molecular weight is 320 g/mol. The van der Waals surface area contributed by atoms with Gasteiger partial charge in [0, 0.05) is 0 Å². The average Bonchev–Trinajstić information content (AvgIpc) is 2.20. The van der Waals surface area contributed by atoms with Crippen LogP contribution in [0.15, 0.2) is 0 Å². The molecule has 0 aromatic carbocycles. The second kappa shape index (κ2) is 7.11. The van der Waals surface area contributed by atoms with E-state index in [2.05, 4.69) is 39.2 Å². The van der Waals surface area contributed by atoms with Crippen molar-refractivity contribution >= 4 is 14.4 Å². The summed E-state index contributed by atoms with van der Waals surface area (Å²) < 4.78 is 11.4. The fourth-order valence-corrected chi connectivity index (χ4v) is 2.94. The van der Waals surface area contributed by atoms with Crippen molar-refractivity contribution in [1.29, 1.82) is 0 Å². The Morgan fingerprint density at radius 2 is 1.67 bits per heavy atom. The maximum absolute atomic E-state index is 11.8. The van der Waals surface area contributed by atoms with Gasteiger partial charge in [-0.15, -0.1) is 0 Å². The maximum Gasteiger partial charge on any atom is 0.408 e. The zero-order chi connectivity index (χ0) is 17.1. The van der Waals surface area contributed by atoms with Crippen molar-refractivity contribution in [2.75, 3.05) is 6.61 Å². The number of alkyl carbamates (subject to hydrolysis) is 1. The molecule has 0 fully saturated rings. The highest BCUT2D eigenvalue weighted by Gasteiger charge is 2.40. The van der Waals surface area contributed by atoms with Gasteiger partial charge in [0.2, 0.25) is 0 Å². The molecule has 0 unspecified atom stereocenters. The summed E-state index contributed by atoms with van der Waals surface area (Å²) in [6.07, 6.45) is -0.810. The van der Waals surface area contributed by atoms with Crippen LogP contribution >= 0.6 is 0 Å². The first kappa shape index (κ1) is 20.4. The molecule has 0 aromatic heterocycles. The molecule has 0 heterocycles. The van der Waals surface area contributed by atoms with Crippen LogP contribution in [0.25, 0.3) is 0 Å². The molecule has 21 heavy (non-hydrogen) atoms. The Bertz CT molecular complexity index is 345. The zero-order valence-corrected chi connectivity index (χ0v) is 16.0. The molecule has 0 aliphatic carbocycles. The summed E-state index contributed by atoms with van der Waals surface area (Å²) in [7, 11) is -1.95. The number of aliphatic hydroxyl groups is 1. The molecule has 6 heteroatoms. The van der Waals surface area contributed by atoms with Gasteiger partial charge in [-0.3, -0.25) is 0 Å². The Morgan fingerprint density at radius 1 is 1.19 bits per heavy atom. The number of hydrogen-bond acceptors (Lipinski definition) is 4. The summed E-state index contributed by atoms with van der Waals surface area (Å²) in [5.74, 6) is 0. The third-order valence-corrected chi connectivity index (χ3v) is 8.33. The van der Waals surface area contributed by atoms with Crippen LogP contribution in [0.2, 0.25) is 18.1 Å². The molecule has 2 N–H and O–H groups in total. The van der Waals surface area contributed by atoms with E-state index >= 15 is 0 Å². The predicted octanol–water partition coefficient (Wildman–Crippen LogP) is 3.28. The van der Waals surface area contributed by atoms with Gasteiger partial charge in [0.25, 0.3) is 0 Å². The maximum atomic E-state index is 11.8. The summed E-state index contributed by atoms with van der Waals surface area (Å²) in [6.45, 7) is 17.8. The van der Waals surface area contributed by atoms with E-state index in [9.17, 15) is 9.90 Å². The van der Waals surface area contributed by atoms with Gasteiger partial charge in [0.05, 0.1) is 18.8 Å².